The fraction of sp³-hybridized carbons (Fsp3) is 0.500. The highest BCUT2D eigenvalue weighted by Gasteiger charge is 2.24. The van der Waals surface area contributed by atoms with Crippen molar-refractivity contribution in [1.82, 2.24) is 0 Å². The van der Waals surface area contributed by atoms with Crippen molar-refractivity contribution in [2.45, 2.75) is 32.8 Å². The topological polar surface area (TPSA) is 20.2 Å². The van der Waals surface area contributed by atoms with Gasteiger partial charge in [-0.25, -0.2) is 0 Å². The van der Waals surface area contributed by atoms with E-state index in [4.69, 9.17) is 0 Å². The molecule has 0 saturated carbocycles. The predicted octanol–water partition coefficient (Wildman–Crippen LogP) is 3.40. The Labute approximate surface area is 94.3 Å². The van der Waals surface area contributed by atoms with Crippen molar-refractivity contribution in [2.24, 2.45) is 5.92 Å². The van der Waals surface area contributed by atoms with Crippen LogP contribution in [-0.2, 0) is 6.42 Å². The van der Waals surface area contributed by atoms with Gasteiger partial charge in [-0.1, -0.05) is 41.9 Å². The number of halogens is 1. The van der Waals surface area contributed by atoms with Gasteiger partial charge in [-0.05, 0) is 30.5 Å². The SMILES string of the molecule is CC(C)C(C)(O)Cc1ccc(Br)cc1. The van der Waals surface area contributed by atoms with Crippen molar-refractivity contribution in [2.75, 3.05) is 0 Å². The Morgan fingerprint density at radius 1 is 1.29 bits per heavy atom. The van der Waals surface area contributed by atoms with Gasteiger partial charge in [0.15, 0.2) is 0 Å². The number of hydrogen-bond donors (Lipinski definition) is 1. The molecule has 0 amide bonds. The predicted molar refractivity (Wildman–Crippen MR) is 63.3 cm³/mol. The second-order valence-electron chi connectivity index (χ2n) is 4.32. The first-order valence-electron chi connectivity index (χ1n) is 4.88. The van der Waals surface area contributed by atoms with Gasteiger partial charge in [0.2, 0.25) is 0 Å². The third-order valence-electron chi connectivity index (χ3n) is 2.72. The first-order chi connectivity index (χ1) is 6.42. The third kappa shape index (κ3) is 3.10. The summed E-state index contributed by atoms with van der Waals surface area (Å²) in [7, 11) is 0. The van der Waals surface area contributed by atoms with Crippen molar-refractivity contribution in [3.05, 3.63) is 34.3 Å². The third-order valence-corrected chi connectivity index (χ3v) is 3.25. The van der Waals surface area contributed by atoms with Crippen LogP contribution in [0.15, 0.2) is 28.7 Å². The lowest BCUT2D eigenvalue weighted by atomic mass is 9.86. The smallest absolute Gasteiger partial charge is 0.0682 e. The molecule has 0 saturated heterocycles. The van der Waals surface area contributed by atoms with Crippen LogP contribution in [0.5, 0.6) is 0 Å². The fourth-order valence-corrected chi connectivity index (χ4v) is 1.48. The molecule has 2 heteroatoms. The minimum Gasteiger partial charge on any atom is -0.390 e. The molecule has 0 aliphatic carbocycles. The van der Waals surface area contributed by atoms with Crippen LogP contribution in [0.3, 0.4) is 0 Å². The highest BCUT2D eigenvalue weighted by Crippen LogP contribution is 2.22. The van der Waals surface area contributed by atoms with Crippen LogP contribution in [0.2, 0.25) is 0 Å². The van der Waals surface area contributed by atoms with Gasteiger partial charge in [0, 0.05) is 10.9 Å². The summed E-state index contributed by atoms with van der Waals surface area (Å²) in [6.07, 6.45) is 0.706. The van der Waals surface area contributed by atoms with E-state index in [-0.39, 0.29) is 5.92 Å². The maximum Gasteiger partial charge on any atom is 0.0682 e. The Kier molecular flexibility index (Phi) is 3.73. The average Bonchev–Trinajstić information content (AvgIpc) is 2.08. The van der Waals surface area contributed by atoms with E-state index in [0.29, 0.717) is 6.42 Å². The lowest BCUT2D eigenvalue weighted by molar-refractivity contribution is 0.0139. The molecule has 0 aliphatic heterocycles. The van der Waals surface area contributed by atoms with E-state index >= 15 is 0 Å². The maximum absolute atomic E-state index is 10.1. The largest absolute Gasteiger partial charge is 0.390 e. The highest BCUT2D eigenvalue weighted by molar-refractivity contribution is 9.10. The number of hydrogen-bond acceptors (Lipinski definition) is 1. The number of rotatable bonds is 3. The Bertz CT molecular complexity index is 288. The second kappa shape index (κ2) is 4.45. The van der Waals surface area contributed by atoms with Crippen LogP contribution >= 0.6 is 15.9 Å². The highest BCUT2D eigenvalue weighted by atomic mass is 79.9. The molecule has 1 rings (SSSR count). The molecular weight excluding hydrogens is 240 g/mol. The van der Waals surface area contributed by atoms with Crippen LogP contribution in [0.25, 0.3) is 0 Å². The van der Waals surface area contributed by atoms with Crippen molar-refractivity contribution in [1.29, 1.82) is 0 Å². The summed E-state index contributed by atoms with van der Waals surface area (Å²) in [5, 5.41) is 10.1. The van der Waals surface area contributed by atoms with Crippen LogP contribution < -0.4 is 0 Å². The molecule has 1 N–H and O–H groups in total. The number of benzene rings is 1. The Balaban J connectivity index is 2.74. The van der Waals surface area contributed by atoms with E-state index in [2.05, 4.69) is 15.9 Å². The molecule has 0 bridgehead atoms. The van der Waals surface area contributed by atoms with E-state index in [1.165, 1.54) is 5.56 Å². The molecule has 0 aromatic heterocycles. The van der Waals surface area contributed by atoms with Gasteiger partial charge in [0.1, 0.15) is 0 Å². The zero-order chi connectivity index (χ0) is 10.8. The van der Waals surface area contributed by atoms with Crippen LogP contribution in [0.1, 0.15) is 26.3 Å². The van der Waals surface area contributed by atoms with Gasteiger partial charge in [-0.2, -0.15) is 0 Å². The van der Waals surface area contributed by atoms with Gasteiger partial charge in [0.25, 0.3) is 0 Å². The normalized spacial score (nSPS) is 15.6. The molecule has 0 heterocycles. The minimum atomic E-state index is -0.617. The average molecular weight is 257 g/mol. The molecule has 1 aromatic rings. The first-order valence-corrected chi connectivity index (χ1v) is 5.68. The van der Waals surface area contributed by atoms with E-state index in [0.717, 1.165) is 4.47 Å². The Hall–Kier alpha value is -0.340. The summed E-state index contributed by atoms with van der Waals surface area (Å²) >= 11 is 3.39. The molecule has 14 heavy (non-hydrogen) atoms. The first kappa shape index (κ1) is 11.7. The molecule has 0 spiro atoms. The Morgan fingerprint density at radius 2 is 1.79 bits per heavy atom. The zero-order valence-corrected chi connectivity index (χ0v) is 10.5. The fourth-order valence-electron chi connectivity index (χ4n) is 1.22. The molecular formula is C12H17BrO. The summed E-state index contributed by atoms with van der Waals surface area (Å²) in [5.74, 6) is 0.270. The summed E-state index contributed by atoms with van der Waals surface area (Å²) in [6.45, 7) is 5.97. The molecule has 1 aromatic carbocycles. The zero-order valence-electron chi connectivity index (χ0n) is 8.92. The Morgan fingerprint density at radius 3 is 2.21 bits per heavy atom. The second-order valence-corrected chi connectivity index (χ2v) is 5.23. The van der Waals surface area contributed by atoms with Gasteiger partial charge in [0.05, 0.1) is 5.60 Å². The van der Waals surface area contributed by atoms with Crippen LogP contribution in [0.4, 0.5) is 0 Å². The minimum absolute atomic E-state index is 0.270. The van der Waals surface area contributed by atoms with E-state index in [1.54, 1.807) is 0 Å². The molecule has 78 valence electrons. The summed E-state index contributed by atoms with van der Waals surface area (Å²) in [6, 6.07) is 8.10. The summed E-state index contributed by atoms with van der Waals surface area (Å²) < 4.78 is 1.07. The van der Waals surface area contributed by atoms with E-state index < -0.39 is 5.60 Å². The van der Waals surface area contributed by atoms with Gasteiger partial charge in [-0.3, -0.25) is 0 Å². The lowest BCUT2D eigenvalue weighted by Crippen LogP contribution is -2.33. The van der Waals surface area contributed by atoms with Crippen LogP contribution in [0, 0.1) is 5.92 Å². The number of aliphatic hydroxyl groups is 1. The quantitative estimate of drug-likeness (QED) is 0.879. The molecule has 0 radical (unpaired) electrons. The van der Waals surface area contributed by atoms with Gasteiger partial charge in [-0.15, -0.1) is 0 Å². The van der Waals surface area contributed by atoms with Crippen molar-refractivity contribution < 1.29 is 5.11 Å². The summed E-state index contributed by atoms with van der Waals surface area (Å²) in [4.78, 5) is 0. The standard InChI is InChI=1S/C12H17BrO/c1-9(2)12(3,14)8-10-4-6-11(13)7-5-10/h4-7,9,14H,8H2,1-3H3. The lowest BCUT2D eigenvalue weighted by Gasteiger charge is -2.27. The van der Waals surface area contributed by atoms with Crippen molar-refractivity contribution in [3.8, 4) is 0 Å². The molecule has 0 fully saturated rings. The molecule has 0 aliphatic rings. The monoisotopic (exact) mass is 256 g/mol. The molecule has 1 atom stereocenters. The van der Waals surface area contributed by atoms with Gasteiger partial charge < -0.3 is 5.11 Å². The van der Waals surface area contributed by atoms with Crippen molar-refractivity contribution in [3.63, 3.8) is 0 Å². The van der Waals surface area contributed by atoms with Crippen LogP contribution in [-0.4, -0.2) is 10.7 Å². The molecule has 1 nitrogen and oxygen atoms in total. The van der Waals surface area contributed by atoms with E-state index in [9.17, 15) is 5.11 Å². The molecule has 1 unspecified atom stereocenters. The van der Waals surface area contributed by atoms with Crippen molar-refractivity contribution >= 4 is 15.9 Å². The maximum atomic E-state index is 10.1. The van der Waals surface area contributed by atoms with Gasteiger partial charge >= 0.3 is 0 Å². The summed E-state index contributed by atoms with van der Waals surface area (Å²) in [5.41, 5.74) is 0.556. The van der Waals surface area contributed by atoms with E-state index in [1.807, 2.05) is 45.0 Å².